The Kier molecular flexibility index (Phi) is 5.16. The summed E-state index contributed by atoms with van der Waals surface area (Å²) in [6.45, 7) is 1.81. The van der Waals surface area contributed by atoms with Gasteiger partial charge in [-0.25, -0.2) is 4.79 Å². The molecule has 0 saturated carbocycles. The second kappa shape index (κ2) is 7.70. The SMILES string of the molecule is CCOC(=O)c1cc(-c2ccc([N+](=O)[O-])cc2)[nH]c1-c1ccccc1[N+](=O)[O-]. The number of para-hydroxylation sites is 1. The van der Waals surface area contributed by atoms with E-state index in [-0.39, 0.29) is 34.8 Å². The van der Waals surface area contributed by atoms with Crippen LogP contribution in [0.25, 0.3) is 22.5 Å². The molecular formula is C19H15N3O6. The molecule has 0 atom stereocenters. The molecule has 3 rings (SSSR count). The molecule has 3 aromatic rings. The minimum Gasteiger partial charge on any atom is -0.462 e. The summed E-state index contributed by atoms with van der Waals surface area (Å²) >= 11 is 0. The van der Waals surface area contributed by atoms with Gasteiger partial charge in [-0.15, -0.1) is 0 Å². The smallest absolute Gasteiger partial charge is 0.340 e. The van der Waals surface area contributed by atoms with Crippen LogP contribution in [0, 0.1) is 20.2 Å². The van der Waals surface area contributed by atoms with Gasteiger partial charge in [0.1, 0.15) is 0 Å². The van der Waals surface area contributed by atoms with Crippen LogP contribution < -0.4 is 0 Å². The molecular weight excluding hydrogens is 366 g/mol. The number of nitrogens with one attached hydrogen (secondary N) is 1. The van der Waals surface area contributed by atoms with Gasteiger partial charge in [0.05, 0.1) is 33.3 Å². The topological polar surface area (TPSA) is 128 Å². The standard InChI is InChI=1S/C19H15N3O6/c1-2-28-19(23)15-11-16(12-7-9-13(10-8-12)21(24)25)20-18(15)14-5-3-4-6-17(14)22(26)27/h3-11,20H,2H2,1H3. The van der Waals surface area contributed by atoms with Crippen LogP contribution in [0.2, 0.25) is 0 Å². The fraction of sp³-hybridized carbons (Fsp3) is 0.105. The van der Waals surface area contributed by atoms with Gasteiger partial charge in [-0.2, -0.15) is 0 Å². The highest BCUT2D eigenvalue weighted by Crippen LogP contribution is 2.35. The van der Waals surface area contributed by atoms with E-state index in [1.54, 1.807) is 13.0 Å². The first kappa shape index (κ1) is 18.8. The quantitative estimate of drug-likeness (QED) is 0.384. The lowest BCUT2D eigenvalue weighted by Crippen LogP contribution is -2.05. The monoisotopic (exact) mass is 381 g/mol. The zero-order chi connectivity index (χ0) is 20.3. The van der Waals surface area contributed by atoms with E-state index >= 15 is 0 Å². The number of nitro benzene ring substituents is 2. The molecule has 1 N–H and O–H groups in total. The van der Waals surface area contributed by atoms with Crippen molar-refractivity contribution in [2.45, 2.75) is 6.92 Å². The van der Waals surface area contributed by atoms with Crippen LogP contribution in [0.1, 0.15) is 17.3 Å². The van der Waals surface area contributed by atoms with Crippen molar-refractivity contribution < 1.29 is 19.4 Å². The van der Waals surface area contributed by atoms with Gasteiger partial charge >= 0.3 is 5.97 Å². The number of aromatic amines is 1. The number of H-pyrrole nitrogens is 1. The highest BCUT2D eigenvalue weighted by molar-refractivity contribution is 5.99. The number of esters is 1. The minimum absolute atomic E-state index is 0.0696. The Labute approximate surface area is 158 Å². The molecule has 9 heteroatoms. The number of carbonyl (C=O) groups is 1. The average molecular weight is 381 g/mol. The Hall–Kier alpha value is -4.01. The molecule has 0 aliphatic rings. The molecule has 142 valence electrons. The summed E-state index contributed by atoms with van der Waals surface area (Å²) in [5, 5.41) is 22.2. The average Bonchev–Trinajstić information content (AvgIpc) is 3.13. The maximum atomic E-state index is 12.4. The Bertz CT molecular complexity index is 1060. The molecule has 0 saturated heterocycles. The number of carbonyl (C=O) groups excluding carboxylic acids is 1. The fourth-order valence-electron chi connectivity index (χ4n) is 2.80. The van der Waals surface area contributed by atoms with Gasteiger partial charge < -0.3 is 9.72 Å². The second-order valence-electron chi connectivity index (χ2n) is 5.77. The van der Waals surface area contributed by atoms with Gasteiger partial charge in [-0.05, 0) is 36.8 Å². The molecule has 2 aromatic carbocycles. The summed E-state index contributed by atoms with van der Waals surface area (Å²) in [5.74, 6) is -0.625. The van der Waals surface area contributed by atoms with E-state index in [4.69, 9.17) is 4.74 Å². The molecule has 0 aliphatic carbocycles. The van der Waals surface area contributed by atoms with Crippen molar-refractivity contribution in [3.63, 3.8) is 0 Å². The molecule has 0 fully saturated rings. The number of benzene rings is 2. The third-order valence-electron chi connectivity index (χ3n) is 4.07. The zero-order valence-corrected chi connectivity index (χ0v) is 14.7. The molecule has 9 nitrogen and oxygen atoms in total. The fourth-order valence-corrected chi connectivity index (χ4v) is 2.80. The van der Waals surface area contributed by atoms with Gasteiger partial charge in [0.25, 0.3) is 11.4 Å². The van der Waals surface area contributed by atoms with Crippen molar-refractivity contribution in [2.24, 2.45) is 0 Å². The van der Waals surface area contributed by atoms with Crippen LogP contribution in [-0.2, 0) is 4.74 Å². The molecule has 0 amide bonds. The van der Waals surface area contributed by atoms with Crippen LogP contribution in [-0.4, -0.2) is 27.4 Å². The first-order valence-electron chi connectivity index (χ1n) is 8.31. The van der Waals surface area contributed by atoms with E-state index in [1.165, 1.54) is 48.5 Å². The molecule has 0 aliphatic heterocycles. The maximum absolute atomic E-state index is 12.4. The number of hydrogen-bond donors (Lipinski definition) is 1. The van der Waals surface area contributed by atoms with Crippen molar-refractivity contribution in [1.29, 1.82) is 0 Å². The number of nitrogens with zero attached hydrogens (tertiary/aromatic N) is 2. The third kappa shape index (κ3) is 3.58. The lowest BCUT2D eigenvalue weighted by molar-refractivity contribution is -0.384. The normalized spacial score (nSPS) is 10.5. The van der Waals surface area contributed by atoms with Crippen molar-refractivity contribution in [3.8, 4) is 22.5 Å². The first-order valence-corrected chi connectivity index (χ1v) is 8.31. The van der Waals surface area contributed by atoms with Gasteiger partial charge in [0, 0.05) is 23.9 Å². The van der Waals surface area contributed by atoms with Crippen molar-refractivity contribution >= 4 is 17.3 Å². The molecule has 0 spiro atoms. The lowest BCUT2D eigenvalue weighted by Gasteiger charge is -2.05. The molecule has 28 heavy (non-hydrogen) atoms. The van der Waals surface area contributed by atoms with Crippen molar-refractivity contribution in [2.75, 3.05) is 6.61 Å². The number of ether oxygens (including phenoxy) is 1. The summed E-state index contributed by atoms with van der Waals surface area (Å²) in [6, 6.07) is 13.3. The summed E-state index contributed by atoms with van der Waals surface area (Å²) in [5.41, 5.74) is 1.46. The summed E-state index contributed by atoms with van der Waals surface area (Å²) in [6.07, 6.45) is 0. The number of aromatic nitrogens is 1. The molecule has 1 heterocycles. The molecule has 0 radical (unpaired) electrons. The van der Waals surface area contributed by atoms with Crippen LogP contribution in [0.3, 0.4) is 0 Å². The number of non-ortho nitro benzene ring substituents is 1. The number of hydrogen-bond acceptors (Lipinski definition) is 6. The Balaban J connectivity index is 2.15. The first-order chi connectivity index (χ1) is 13.4. The van der Waals surface area contributed by atoms with Crippen molar-refractivity contribution in [3.05, 3.63) is 80.4 Å². The van der Waals surface area contributed by atoms with Gasteiger partial charge in [0.2, 0.25) is 0 Å². The van der Waals surface area contributed by atoms with Crippen molar-refractivity contribution in [1.82, 2.24) is 4.98 Å². The minimum atomic E-state index is -0.625. The summed E-state index contributed by atoms with van der Waals surface area (Å²) in [4.78, 5) is 36.6. The maximum Gasteiger partial charge on any atom is 0.340 e. The summed E-state index contributed by atoms with van der Waals surface area (Å²) < 4.78 is 5.07. The molecule has 0 unspecified atom stereocenters. The van der Waals surface area contributed by atoms with Gasteiger partial charge in [-0.3, -0.25) is 20.2 Å². The summed E-state index contributed by atoms with van der Waals surface area (Å²) in [7, 11) is 0. The molecule has 1 aromatic heterocycles. The predicted octanol–water partition coefficient (Wildman–Crippen LogP) is 4.34. The third-order valence-corrected chi connectivity index (χ3v) is 4.07. The van der Waals surface area contributed by atoms with Gasteiger partial charge in [0.15, 0.2) is 0 Å². The van der Waals surface area contributed by atoms with E-state index in [9.17, 15) is 25.0 Å². The van der Waals surface area contributed by atoms with Crippen LogP contribution in [0.4, 0.5) is 11.4 Å². The van der Waals surface area contributed by atoms with Crippen LogP contribution in [0.15, 0.2) is 54.6 Å². The molecule has 0 bridgehead atoms. The van der Waals surface area contributed by atoms with E-state index in [0.29, 0.717) is 11.3 Å². The largest absolute Gasteiger partial charge is 0.462 e. The van der Waals surface area contributed by atoms with E-state index in [1.807, 2.05) is 0 Å². The highest BCUT2D eigenvalue weighted by atomic mass is 16.6. The number of nitro groups is 2. The second-order valence-corrected chi connectivity index (χ2v) is 5.77. The Morgan fingerprint density at radius 1 is 1.04 bits per heavy atom. The van der Waals surface area contributed by atoms with E-state index < -0.39 is 15.8 Å². The predicted molar refractivity (Wildman–Crippen MR) is 101 cm³/mol. The van der Waals surface area contributed by atoms with E-state index in [0.717, 1.165) is 0 Å². The Morgan fingerprint density at radius 3 is 2.32 bits per heavy atom. The zero-order valence-electron chi connectivity index (χ0n) is 14.7. The van der Waals surface area contributed by atoms with Crippen LogP contribution >= 0.6 is 0 Å². The number of rotatable bonds is 6. The van der Waals surface area contributed by atoms with E-state index in [2.05, 4.69) is 4.98 Å². The Morgan fingerprint density at radius 2 is 1.71 bits per heavy atom. The van der Waals surface area contributed by atoms with Gasteiger partial charge in [-0.1, -0.05) is 12.1 Å². The highest BCUT2D eigenvalue weighted by Gasteiger charge is 2.24. The van der Waals surface area contributed by atoms with Crippen LogP contribution in [0.5, 0.6) is 0 Å². The lowest BCUT2D eigenvalue weighted by atomic mass is 10.1.